The maximum Gasteiger partial charge on any atom is 0.234 e. The molecule has 6 nitrogen and oxygen atoms in total. The number of thioether (sulfide) groups is 1. The molecule has 5 rings (SSSR count). The van der Waals surface area contributed by atoms with Crippen LogP contribution in [0.25, 0.3) is 16.5 Å². The van der Waals surface area contributed by atoms with Gasteiger partial charge in [-0.15, -0.1) is 21.5 Å². The second-order valence-electron chi connectivity index (χ2n) is 8.17. The molecule has 156 valence electrons. The number of hydrogen-bond donors (Lipinski definition) is 0. The summed E-state index contributed by atoms with van der Waals surface area (Å²) >= 11 is 3.56. The zero-order valence-corrected chi connectivity index (χ0v) is 19.5. The van der Waals surface area contributed by atoms with E-state index in [2.05, 4.69) is 64.0 Å². The lowest BCUT2D eigenvalue weighted by Gasteiger charge is -2.19. The topological polar surface area (TPSA) is 60.9 Å². The first-order chi connectivity index (χ1) is 14.5. The summed E-state index contributed by atoms with van der Waals surface area (Å²) in [7, 11) is 2.06. The quantitative estimate of drug-likeness (QED) is 0.410. The molecule has 8 heteroatoms. The van der Waals surface area contributed by atoms with E-state index < -0.39 is 0 Å². The fourth-order valence-corrected chi connectivity index (χ4v) is 6.26. The third kappa shape index (κ3) is 3.56. The predicted octanol–water partition coefficient (Wildman–Crippen LogP) is 5.01. The Morgan fingerprint density at radius 1 is 1.20 bits per heavy atom. The van der Waals surface area contributed by atoms with Crippen LogP contribution >= 0.6 is 23.1 Å². The summed E-state index contributed by atoms with van der Waals surface area (Å²) in [6.07, 6.45) is 7.07. The van der Waals surface area contributed by atoms with Crippen LogP contribution in [0.2, 0.25) is 0 Å². The molecule has 0 bridgehead atoms. The van der Waals surface area contributed by atoms with Gasteiger partial charge in [0.1, 0.15) is 0 Å². The molecule has 0 spiro atoms. The van der Waals surface area contributed by atoms with E-state index in [4.69, 9.17) is 0 Å². The van der Waals surface area contributed by atoms with E-state index in [1.54, 1.807) is 11.8 Å². The molecule has 1 aliphatic carbocycles. The van der Waals surface area contributed by atoms with Gasteiger partial charge >= 0.3 is 0 Å². The Bertz CT molecular complexity index is 1220. The van der Waals surface area contributed by atoms with Gasteiger partial charge in [-0.3, -0.25) is 4.40 Å². The Labute approximate surface area is 184 Å². The summed E-state index contributed by atoms with van der Waals surface area (Å²) in [6, 6.07) is 4.42. The monoisotopic (exact) mass is 438 g/mol. The van der Waals surface area contributed by atoms with Crippen molar-refractivity contribution < 1.29 is 0 Å². The van der Waals surface area contributed by atoms with E-state index in [0.717, 1.165) is 45.5 Å². The van der Waals surface area contributed by atoms with Gasteiger partial charge in [0.15, 0.2) is 11.0 Å². The van der Waals surface area contributed by atoms with E-state index in [0.29, 0.717) is 0 Å². The van der Waals surface area contributed by atoms with Gasteiger partial charge in [-0.1, -0.05) is 25.1 Å². The molecular formula is C22H26N6S2. The number of nitrogens with zero attached hydrogens (tertiary/aromatic N) is 6. The van der Waals surface area contributed by atoms with Crippen molar-refractivity contribution >= 4 is 28.9 Å². The lowest BCUT2D eigenvalue weighted by molar-refractivity contribution is 0.449. The van der Waals surface area contributed by atoms with Crippen LogP contribution in [0.5, 0.6) is 0 Å². The molecule has 1 atom stereocenters. The minimum Gasteiger partial charge on any atom is -0.304 e. The molecule has 0 N–H and O–H groups in total. The Kier molecular flexibility index (Phi) is 5.14. The lowest BCUT2D eigenvalue weighted by atomic mass is 9.87. The summed E-state index contributed by atoms with van der Waals surface area (Å²) in [5.41, 5.74) is 4.66. The summed E-state index contributed by atoms with van der Waals surface area (Å²) in [4.78, 5) is 12.0. The van der Waals surface area contributed by atoms with Crippen LogP contribution in [0.3, 0.4) is 0 Å². The molecule has 30 heavy (non-hydrogen) atoms. The van der Waals surface area contributed by atoms with Gasteiger partial charge < -0.3 is 4.57 Å². The van der Waals surface area contributed by atoms with Crippen LogP contribution < -0.4 is 0 Å². The Morgan fingerprint density at radius 2 is 2.07 bits per heavy atom. The van der Waals surface area contributed by atoms with Crippen LogP contribution in [-0.4, -0.2) is 29.1 Å². The van der Waals surface area contributed by atoms with Gasteiger partial charge in [0.2, 0.25) is 5.78 Å². The molecule has 1 unspecified atom stereocenters. The maximum atomic E-state index is 4.68. The van der Waals surface area contributed by atoms with E-state index in [-0.39, 0.29) is 0 Å². The number of aromatic nitrogens is 6. The minimum atomic E-state index is 0.743. The van der Waals surface area contributed by atoms with Gasteiger partial charge in [-0.25, -0.2) is 9.97 Å². The zero-order valence-electron chi connectivity index (χ0n) is 17.8. The molecular weight excluding hydrogens is 412 g/mol. The SMILES string of the molecule is CCC1CCc2sc(-c3nnc(SCc4cn5c(C)cc(C)nc5n4)n3C)cc2C1. The largest absolute Gasteiger partial charge is 0.304 e. The second-order valence-corrected chi connectivity index (χ2v) is 10.3. The van der Waals surface area contributed by atoms with Crippen LogP contribution in [0.15, 0.2) is 23.5 Å². The molecule has 0 aromatic carbocycles. The highest BCUT2D eigenvalue weighted by molar-refractivity contribution is 7.98. The Hall–Kier alpha value is -2.19. The third-order valence-corrected chi connectivity index (χ3v) is 8.26. The highest BCUT2D eigenvalue weighted by Crippen LogP contribution is 2.38. The number of imidazole rings is 1. The van der Waals surface area contributed by atoms with Gasteiger partial charge in [-0.05, 0) is 56.7 Å². The number of aryl methyl sites for hydroxylation is 3. The highest BCUT2D eigenvalue weighted by Gasteiger charge is 2.22. The fraction of sp³-hybridized carbons (Fsp3) is 0.455. The van der Waals surface area contributed by atoms with E-state index in [1.165, 1.54) is 41.0 Å². The van der Waals surface area contributed by atoms with Crippen molar-refractivity contribution in [1.29, 1.82) is 0 Å². The zero-order chi connectivity index (χ0) is 20.8. The van der Waals surface area contributed by atoms with E-state index in [1.807, 2.05) is 22.7 Å². The molecule has 4 aromatic rings. The van der Waals surface area contributed by atoms with Crippen molar-refractivity contribution in [3.05, 3.63) is 45.9 Å². The molecule has 0 saturated heterocycles. The van der Waals surface area contributed by atoms with Gasteiger partial charge in [0, 0.05) is 35.3 Å². The minimum absolute atomic E-state index is 0.743. The van der Waals surface area contributed by atoms with Gasteiger partial charge in [0.05, 0.1) is 10.6 Å². The molecule has 1 aliphatic rings. The fourth-order valence-electron chi connectivity index (χ4n) is 4.24. The average Bonchev–Trinajstić information content (AvgIpc) is 3.41. The van der Waals surface area contributed by atoms with Crippen LogP contribution in [-0.2, 0) is 25.6 Å². The van der Waals surface area contributed by atoms with Gasteiger partial charge in [0.25, 0.3) is 0 Å². The van der Waals surface area contributed by atoms with Crippen molar-refractivity contribution in [3.8, 4) is 10.7 Å². The predicted molar refractivity (Wildman–Crippen MR) is 122 cm³/mol. The summed E-state index contributed by atoms with van der Waals surface area (Å²) in [5, 5.41) is 9.89. The summed E-state index contributed by atoms with van der Waals surface area (Å²) in [6.45, 7) is 6.39. The number of thiophene rings is 1. The van der Waals surface area contributed by atoms with Crippen LogP contribution in [0, 0.1) is 19.8 Å². The Morgan fingerprint density at radius 3 is 2.90 bits per heavy atom. The molecule has 0 fully saturated rings. The number of rotatable bonds is 5. The van der Waals surface area contributed by atoms with E-state index in [9.17, 15) is 0 Å². The summed E-state index contributed by atoms with van der Waals surface area (Å²) < 4.78 is 4.16. The first-order valence-electron chi connectivity index (χ1n) is 10.5. The smallest absolute Gasteiger partial charge is 0.234 e. The van der Waals surface area contributed by atoms with Crippen LogP contribution in [0.1, 0.15) is 47.3 Å². The highest BCUT2D eigenvalue weighted by atomic mass is 32.2. The first kappa shape index (κ1) is 19.8. The maximum absolute atomic E-state index is 4.68. The molecule has 0 saturated carbocycles. The Balaban J connectivity index is 1.34. The molecule has 0 aliphatic heterocycles. The summed E-state index contributed by atoms with van der Waals surface area (Å²) in [5.74, 6) is 3.30. The third-order valence-electron chi connectivity index (χ3n) is 5.98. The van der Waals surface area contributed by atoms with Gasteiger partial charge in [-0.2, -0.15) is 0 Å². The molecule has 4 heterocycles. The van der Waals surface area contributed by atoms with Crippen molar-refractivity contribution in [1.82, 2.24) is 29.1 Å². The normalized spacial score (nSPS) is 16.3. The van der Waals surface area contributed by atoms with E-state index >= 15 is 0 Å². The standard InChI is InChI=1S/C22H26N6S2/c1-5-15-6-7-18-16(9-15)10-19(30-18)20-25-26-22(27(20)4)29-12-17-11-28-14(3)8-13(2)23-21(28)24-17/h8,10-11,15H,5-7,9,12H2,1-4H3. The van der Waals surface area contributed by atoms with Crippen molar-refractivity contribution in [2.24, 2.45) is 13.0 Å². The first-order valence-corrected chi connectivity index (χ1v) is 12.3. The average molecular weight is 439 g/mol. The van der Waals surface area contributed by atoms with Crippen molar-refractivity contribution in [2.45, 2.75) is 57.4 Å². The van der Waals surface area contributed by atoms with Crippen molar-refractivity contribution in [3.63, 3.8) is 0 Å². The van der Waals surface area contributed by atoms with Crippen molar-refractivity contribution in [2.75, 3.05) is 0 Å². The lowest BCUT2D eigenvalue weighted by Crippen LogP contribution is -2.10. The van der Waals surface area contributed by atoms with Crippen LogP contribution in [0.4, 0.5) is 0 Å². The number of hydrogen-bond acceptors (Lipinski definition) is 6. The number of fused-ring (bicyclic) bond motifs is 2. The molecule has 0 radical (unpaired) electrons. The second kappa shape index (κ2) is 7.81. The molecule has 0 amide bonds. The molecule has 4 aromatic heterocycles.